The summed E-state index contributed by atoms with van der Waals surface area (Å²) in [5.74, 6) is 1.87. The first-order valence-electron chi connectivity index (χ1n) is 11.3. The van der Waals surface area contributed by atoms with Crippen molar-refractivity contribution in [2.45, 2.75) is 30.7 Å². The van der Waals surface area contributed by atoms with Gasteiger partial charge in [0.25, 0.3) is 5.91 Å². The number of carbonyl (C=O) groups excluding carboxylic acids is 1. The first-order chi connectivity index (χ1) is 16.5. The molecule has 1 amide bonds. The molecule has 2 aliphatic heterocycles. The molecule has 9 heteroatoms. The van der Waals surface area contributed by atoms with E-state index < -0.39 is 0 Å². The second-order valence-electron chi connectivity index (χ2n) is 8.61. The first kappa shape index (κ1) is 23.4. The number of nitrogens with one attached hydrogen (secondary N) is 2. The van der Waals surface area contributed by atoms with E-state index >= 15 is 0 Å². The van der Waals surface area contributed by atoms with Gasteiger partial charge >= 0.3 is 0 Å². The maximum Gasteiger partial charge on any atom is 0.263 e. The zero-order chi connectivity index (χ0) is 23.7. The normalized spacial score (nSPS) is 17.4. The van der Waals surface area contributed by atoms with Crippen LogP contribution in [0.2, 0.25) is 10.0 Å². The van der Waals surface area contributed by atoms with Crippen LogP contribution in [0.1, 0.15) is 41.6 Å². The molecule has 5 rings (SSSR count). The molecule has 3 heterocycles. The highest BCUT2D eigenvalue weighted by Gasteiger charge is 2.30. The summed E-state index contributed by atoms with van der Waals surface area (Å²) in [4.78, 5) is 23.6. The molecule has 2 aromatic carbocycles. The van der Waals surface area contributed by atoms with E-state index in [-0.39, 0.29) is 5.91 Å². The van der Waals surface area contributed by atoms with Gasteiger partial charge in [-0.05, 0) is 67.6 Å². The third-order valence-electron chi connectivity index (χ3n) is 6.55. The highest BCUT2D eigenvalue weighted by Crippen LogP contribution is 2.39. The lowest BCUT2D eigenvalue weighted by Gasteiger charge is -2.29. The Morgan fingerprint density at radius 2 is 1.82 bits per heavy atom. The molecular formula is C25H25Cl2N5OS. The minimum absolute atomic E-state index is 0.216. The Bertz CT molecular complexity index is 1180. The third-order valence-corrected chi connectivity index (χ3v) is 8.13. The van der Waals surface area contributed by atoms with Crippen LogP contribution in [0.25, 0.3) is 0 Å². The highest BCUT2D eigenvalue weighted by atomic mass is 35.5. The van der Waals surface area contributed by atoms with Crippen LogP contribution in [0.4, 0.5) is 17.3 Å². The van der Waals surface area contributed by atoms with Gasteiger partial charge in [0.1, 0.15) is 5.03 Å². The van der Waals surface area contributed by atoms with Crippen molar-refractivity contribution in [3.63, 3.8) is 0 Å². The summed E-state index contributed by atoms with van der Waals surface area (Å²) in [6.07, 6.45) is 4.01. The van der Waals surface area contributed by atoms with Gasteiger partial charge in [0.15, 0.2) is 0 Å². The van der Waals surface area contributed by atoms with Crippen LogP contribution >= 0.6 is 35.0 Å². The minimum Gasteiger partial charge on any atom is -0.324 e. The fraction of sp³-hybridized carbons (Fsp3) is 0.320. The van der Waals surface area contributed by atoms with Crippen molar-refractivity contribution in [3.05, 3.63) is 69.8 Å². The number of hydrogen-bond acceptors (Lipinski definition) is 6. The number of benzene rings is 2. The highest BCUT2D eigenvalue weighted by molar-refractivity contribution is 7.99. The molecule has 0 radical (unpaired) electrons. The number of amides is 1. The summed E-state index contributed by atoms with van der Waals surface area (Å²) in [6, 6.07) is 13.7. The number of carbonyl (C=O) groups is 1. The summed E-state index contributed by atoms with van der Waals surface area (Å²) >= 11 is 14.1. The van der Waals surface area contributed by atoms with E-state index in [2.05, 4.69) is 51.8 Å². The molecule has 6 nitrogen and oxygen atoms in total. The quantitative estimate of drug-likeness (QED) is 0.387. The van der Waals surface area contributed by atoms with E-state index in [1.54, 1.807) is 29.3 Å². The Hall–Kier alpha value is -2.32. The van der Waals surface area contributed by atoms with Crippen LogP contribution in [0, 0.1) is 5.92 Å². The van der Waals surface area contributed by atoms with E-state index in [0.717, 1.165) is 24.7 Å². The fourth-order valence-electron chi connectivity index (χ4n) is 4.54. The topological polar surface area (TPSA) is 70.2 Å². The second-order valence-corrected chi connectivity index (χ2v) is 10.4. The Morgan fingerprint density at radius 1 is 1.12 bits per heavy atom. The lowest BCUT2D eigenvalue weighted by atomic mass is 9.82. The van der Waals surface area contributed by atoms with Crippen molar-refractivity contribution in [3.8, 4) is 0 Å². The molecule has 1 saturated heterocycles. The van der Waals surface area contributed by atoms with Gasteiger partial charge in [0, 0.05) is 11.9 Å². The van der Waals surface area contributed by atoms with Crippen LogP contribution in [-0.2, 0) is 0 Å². The van der Waals surface area contributed by atoms with Gasteiger partial charge in [-0.1, -0.05) is 60.1 Å². The molecule has 1 aromatic heterocycles. The Morgan fingerprint density at radius 3 is 2.53 bits per heavy atom. The van der Waals surface area contributed by atoms with Crippen LogP contribution in [0.15, 0.2) is 53.7 Å². The van der Waals surface area contributed by atoms with Crippen molar-refractivity contribution in [1.82, 2.24) is 15.3 Å². The summed E-state index contributed by atoms with van der Waals surface area (Å²) in [5.41, 5.74) is 3.21. The van der Waals surface area contributed by atoms with Crippen molar-refractivity contribution in [2.24, 2.45) is 5.92 Å². The molecule has 2 aliphatic rings. The van der Waals surface area contributed by atoms with Gasteiger partial charge in [-0.15, -0.1) is 0 Å². The number of fused-ring (bicyclic) bond motifs is 1. The molecule has 2 N–H and O–H groups in total. The lowest BCUT2D eigenvalue weighted by Crippen LogP contribution is -2.35. The average Bonchev–Trinajstić information content (AvgIpc) is 2.86. The number of piperidine rings is 1. The molecule has 0 aliphatic carbocycles. The van der Waals surface area contributed by atoms with Gasteiger partial charge in [0.05, 0.1) is 27.2 Å². The fourth-order valence-corrected chi connectivity index (χ4v) is 6.09. The van der Waals surface area contributed by atoms with Crippen LogP contribution in [-0.4, -0.2) is 34.8 Å². The number of hydrogen-bond donors (Lipinski definition) is 2. The Balaban J connectivity index is 1.29. The molecule has 1 atom stereocenters. The van der Waals surface area contributed by atoms with Crippen molar-refractivity contribution >= 4 is 58.2 Å². The largest absolute Gasteiger partial charge is 0.324 e. The lowest BCUT2D eigenvalue weighted by molar-refractivity contribution is 0.0985. The molecule has 0 saturated carbocycles. The van der Waals surface area contributed by atoms with E-state index in [4.69, 9.17) is 23.2 Å². The smallest absolute Gasteiger partial charge is 0.263 e. The number of para-hydroxylation sites is 1. The second kappa shape index (κ2) is 10.1. The summed E-state index contributed by atoms with van der Waals surface area (Å²) < 4.78 is 0. The number of anilines is 3. The van der Waals surface area contributed by atoms with E-state index in [1.807, 2.05) is 0 Å². The molecule has 1 unspecified atom stereocenters. The average molecular weight is 514 g/mol. The number of aromatic nitrogens is 2. The van der Waals surface area contributed by atoms with Crippen LogP contribution in [0.5, 0.6) is 0 Å². The van der Waals surface area contributed by atoms with Crippen LogP contribution in [0.3, 0.4) is 0 Å². The summed E-state index contributed by atoms with van der Waals surface area (Å²) in [6.45, 7) is 4.53. The van der Waals surface area contributed by atoms with Crippen molar-refractivity contribution < 1.29 is 4.79 Å². The third kappa shape index (κ3) is 4.75. The molecule has 1 fully saturated rings. The first-order valence-corrected chi connectivity index (χ1v) is 13.1. The summed E-state index contributed by atoms with van der Waals surface area (Å²) in [5, 5.41) is 8.20. The number of nitrogens with zero attached hydrogens (tertiary/aromatic N) is 3. The summed E-state index contributed by atoms with van der Waals surface area (Å²) in [7, 11) is 0. The molecule has 3 aromatic rings. The Labute approximate surface area is 213 Å². The predicted octanol–water partition coefficient (Wildman–Crippen LogP) is 6.34. The zero-order valence-electron chi connectivity index (χ0n) is 18.7. The molecular weight excluding hydrogens is 489 g/mol. The zero-order valence-corrected chi connectivity index (χ0v) is 21.1. The minimum atomic E-state index is -0.216. The van der Waals surface area contributed by atoms with Gasteiger partial charge in [-0.2, -0.15) is 0 Å². The van der Waals surface area contributed by atoms with E-state index in [0.29, 0.717) is 44.1 Å². The van der Waals surface area contributed by atoms with Crippen molar-refractivity contribution in [2.75, 3.05) is 29.2 Å². The molecule has 176 valence electrons. The van der Waals surface area contributed by atoms with Gasteiger partial charge < -0.3 is 10.6 Å². The maximum atomic E-state index is 13.1. The standard InChI is InChI=1S/C25H25Cl2N5OS/c1-15(17-9-11-28-12-10-17)16-5-7-18(8-6-16)30-25-29-13-19-23(31-25)34-14-32(24(19)33)22-20(26)3-2-4-21(22)27/h2-8,13,15,17,28H,9-12,14H2,1H3,(H,29,30,31). The van der Waals surface area contributed by atoms with E-state index in [9.17, 15) is 4.79 Å². The number of thioether (sulfide) groups is 1. The maximum absolute atomic E-state index is 13.1. The molecule has 0 bridgehead atoms. The van der Waals surface area contributed by atoms with Crippen LogP contribution < -0.4 is 15.5 Å². The SMILES string of the molecule is CC(c1ccc(Nc2ncc3c(n2)SCN(c2c(Cl)cccc2Cl)C3=O)cc1)C1CCNCC1. The molecule has 0 spiro atoms. The number of rotatable bonds is 5. The number of halogens is 2. The predicted molar refractivity (Wildman–Crippen MR) is 140 cm³/mol. The van der Waals surface area contributed by atoms with E-state index in [1.165, 1.54) is 30.2 Å². The monoisotopic (exact) mass is 513 g/mol. The van der Waals surface area contributed by atoms with Crippen molar-refractivity contribution in [1.29, 1.82) is 0 Å². The molecule has 34 heavy (non-hydrogen) atoms. The van der Waals surface area contributed by atoms with Gasteiger partial charge in [-0.3, -0.25) is 9.69 Å². The van der Waals surface area contributed by atoms with Gasteiger partial charge in [0.2, 0.25) is 5.95 Å². The van der Waals surface area contributed by atoms with Gasteiger partial charge in [-0.25, -0.2) is 9.97 Å². The Kier molecular flexibility index (Phi) is 6.97.